The Balaban J connectivity index is 2.29. The molecule has 0 bridgehead atoms. The van der Waals surface area contributed by atoms with E-state index < -0.39 is 41.3 Å². The van der Waals surface area contributed by atoms with Gasteiger partial charge < -0.3 is 25.2 Å². The molecule has 1 heterocycles. The second-order valence-electron chi connectivity index (χ2n) is 4.52. The molecule has 1 saturated heterocycles. The summed E-state index contributed by atoms with van der Waals surface area (Å²) in [5.41, 5.74) is -0.0402. The molecule has 20 heavy (non-hydrogen) atoms. The van der Waals surface area contributed by atoms with Crippen molar-refractivity contribution in [1.29, 1.82) is 0 Å². The predicted molar refractivity (Wildman–Crippen MR) is 72.4 cm³/mol. The molecule has 0 spiro atoms. The van der Waals surface area contributed by atoms with Gasteiger partial charge in [0.05, 0.1) is 7.98 Å². The van der Waals surface area contributed by atoms with Gasteiger partial charge in [0.15, 0.2) is 16.4 Å². The zero-order chi connectivity index (χ0) is 15.8. The Morgan fingerprint density at radius 3 is 2.75 bits per heavy atom. The van der Waals surface area contributed by atoms with E-state index in [1.165, 1.54) is 18.2 Å². The highest BCUT2D eigenvalue weighted by Gasteiger charge is 2.58. The van der Waals surface area contributed by atoms with Crippen LogP contribution in [0.5, 0.6) is 0 Å². The van der Waals surface area contributed by atoms with Crippen LogP contribution in [0.2, 0.25) is 0 Å². The summed E-state index contributed by atoms with van der Waals surface area (Å²) in [6, 6.07) is 5.78. The fraction of sp³-hybridized carbons (Fsp3) is 0.462. The molecule has 1 aromatic carbocycles. The number of hydrogen-bond acceptors (Lipinski definition) is 6. The summed E-state index contributed by atoms with van der Waals surface area (Å²) >= 11 is 2.95. The maximum Gasteiger partial charge on any atom is 0.195 e. The Morgan fingerprint density at radius 2 is 2.20 bits per heavy atom. The number of carbonyl (C=O) groups is 1. The highest BCUT2D eigenvalue weighted by atomic mass is 79.9. The number of hydrogen-bond donors (Lipinski definition) is 4. The van der Waals surface area contributed by atoms with Gasteiger partial charge >= 0.3 is 0 Å². The molecular weight excluding hydrogens is 332 g/mol. The molecule has 4 N–H and O–H groups in total. The first-order valence-corrected chi connectivity index (χ1v) is 6.74. The molecule has 1 aromatic rings. The van der Waals surface area contributed by atoms with Gasteiger partial charge in [-0.3, -0.25) is 4.79 Å². The molecule has 2 rings (SSSR count). The van der Waals surface area contributed by atoms with E-state index >= 15 is 0 Å². The number of benzene rings is 1. The Hall–Kier alpha value is -0.830. The topological polar surface area (TPSA) is 107 Å². The van der Waals surface area contributed by atoms with Gasteiger partial charge in [-0.25, -0.2) is 0 Å². The lowest BCUT2D eigenvalue weighted by Gasteiger charge is -2.29. The number of carbonyl (C=O) groups excluding carboxylic acids is 1. The van der Waals surface area contributed by atoms with Crippen molar-refractivity contribution in [2.24, 2.45) is 0 Å². The van der Waals surface area contributed by atoms with Crippen molar-refractivity contribution in [2.75, 3.05) is 6.61 Å². The van der Waals surface area contributed by atoms with E-state index in [9.17, 15) is 20.1 Å². The summed E-state index contributed by atoms with van der Waals surface area (Å²) in [5.74, 6) is -0.831. The van der Waals surface area contributed by atoms with E-state index in [1.54, 1.807) is 6.07 Å². The zero-order valence-electron chi connectivity index (χ0n) is 11.3. The average molecular weight is 348 g/mol. The molecule has 1 aliphatic heterocycles. The van der Waals surface area contributed by atoms with Crippen LogP contribution in [-0.4, -0.2) is 61.7 Å². The van der Waals surface area contributed by atoms with Gasteiger partial charge in [-0.2, -0.15) is 0 Å². The van der Waals surface area contributed by atoms with Gasteiger partial charge in [0.1, 0.15) is 18.3 Å². The minimum atomic E-state index is -1.95. The SMILES string of the molecule is [2H]c1ccccc1C(=O)C(O)C1(Br)O[C@H](CO)[C@@H](O)[C@H]1O. The first-order chi connectivity index (χ1) is 9.82. The van der Waals surface area contributed by atoms with Gasteiger partial charge in [0.2, 0.25) is 0 Å². The largest absolute Gasteiger partial charge is 0.394 e. The number of rotatable bonds is 4. The number of ketones is 1. The van der Waals surface area contributed by atoms with E-state index in [0.717, 1.165) is 0 Å². The molecule has 5 atom stereocenters. The van der Waals surface area contributed by atoms with Crippen molar-refractivity contribution in [3.05, 3.63) is 35.9 Å². The quantitative estimate of drug-likeness (QED) is 0.429. The Labute approximate surface area is 125 Å². The molecule has 0 aliphatic carbocycles. The first-order valence-electron chi connectivity index (χ1n) is 6.44. The van der Waals surface area contributed by atoms with Crippen LogP contribution >= 0.6 is 15.9 Å². The lowest BCUT2D eigenvalue weighted by Crippen LogP contribution is -2.50. The van der Waals surface area contributed by atoms with Gasteiger partial charge in [0.25, 0.3) is 0 Å². The third-order valence-corrected chi connectivity index (χ3v) is 4.31. The molecule has 110 valence electrons. The number of halogens is 1. The van der Waals surface area contributed by atoms with Gasteiger partial charge in [-0.05, 0) is 15.9 Å². The lowest BCUT2D eigenvalue weighted by molar-refractivity contribution is -0.0805. The maximum atomic E-state index is 12.3. The average Bonchev–Trinajstić information content (AvgIpc) is 2.71. The van der Waals surface area contributed by atoms with Gasteiger partial charge in [0, 0.05) is 5.56 Å². The van der Waals surface area contributed by atoms with Crippen LogP contribution in [0.25, 0.3) is 0 Å². The highest BCUT2D eigenvalue weighted by molar-refractivity contribution is 9.10. The molecule has 0 amide bonds. The predicted octanol–water partition coefficient (Wildman–Crippen LogP) is -0.566. The minimum absolute atomic E-state index is 0.0402. The fourth-order valence-corrected chi connectivity index (χ4v) is 2.77. The van der Waals surface area contributed by atoms with Gasteiger partial charge in [-0.15, -0.1) is 0 Å². The van der Waals surface area contributed by atoms with E-state index in [2.05, 4.69) is 15.9 Å². The summed E-state index contributed by atoms with van der Waals surface area (Å²) in [4.78, 5) is 12.3. The Morgan fingerprint density at radius 1 is 1.50 bits per heavy atom. The summed E-state index contributed by atoms with van der Waals surface area (Å²) < 4.78 is 10.9. The van der Waals surface area contributed by atoms with Crippen molar-refractivity contribution >= 4 is 21.7 Å². The number of aliphatic hydroxyl groups is 4. The van der Waals surface area contributed by atoms with E-state index in [4.69, 9.17) is 11.2 Å². The lowest BCUT2D eigenvalue weighted by atomic mass is 9.97. The van der Waals surface area contributed by atoms with Crippen LogP contribution in [0.4, 0.5) is 0 Å². The molecule has 2 unspecified atom stereocenters. The van der Waals surface area contributed by atoms with Crippen LogP contribution in [0.1, 0.15) is 11.7 Å². The van der Waals surface area contributed by atoms with Crippen molar-refractivity contribution < 1.29 is 31.3 Å². The fourth-order valence-electron chi connectivity index (χ4n) is 2.05. The van der Waals surface area contributed by atoms with Crippen molar-refractivity contribution in [3.63, 3.8) is 0 Å². The number of Topliss-reactive ketones (excluding diaryl/α,β-unsaturated/α-hetero) is 1. The second-order valence-corrected chi connectivity index (χ2v) is 5.75. The van der Waals surface area contributed by atoms with Gasteiger partial charge in [-0.1, -0.05) is 30.3 Å². The Bertz CT molecular complexity index is 541. The third-order valence-electron chi connectivity index (χ3n) is 3.22. The smallest absolute Gasteiger partial charge is 0.195 e. The van der Waals surface area contributed by atoms with Crippen LogP contribution in [0.3, 0.4) is 0 Å². The monoisotopic (exact) mass is 347 g/mol. The summed E-state index contributed by atoms with van der Waals surface area (Å²) in [7, 11) is 0. The molecular formula is C13H15BrO6. The Kier molecular flexibility index (Phi) is 4.16. The molecule has 6 nitrogen and oxygen atoms in total. The normalized spacial score (nSPS) is 35.6. The number of alkyl halides is 1. The van der Waals surface area contributed by atoms with Crippen molar-refractivity contribution in [2.45, 2.75) is 28.9 Å². The first kappa shape index (κ1) is 14.1. The molecule has 1 aliphatic rings. The third kappa shape index (κ3) is 2.52. The molecule has 1 fully saturated rings. The maximum absolute atomic E-state index is 12.3. The minimum Gasteiger partial charge on any atom is -0.394 e. The van der Waals surface area contributed by atoms with Crippen molar-refractivity contribution in [3.8, 4) is 0 Å². The van der Waals surface area contributed by atoms with E-state index in [1.807, 2.05) is 0 Å². The highest BCUT2D eigenvalue weighted by Crippen LogP contribution is 2.40. The molecule has 0 saturated carbocycles. The van der Waals surface area contributed by atoms with Crippen LogP contribution in [0, 0.1) is 0 Å². The summed E-state index contributed by atoms with van der Waals surface area (Å²) in [5, 5.41) is 38.9. The van der Waals surface area contributed by atoms with Crippen molar-refractivity contribution in [1.82, 2.24) is 0 Å². The van der Waals surface area contributed by atoms with Crippen LogP contribution in [-0.2, 0) is 4.74 Å². The summed E-state index contributed by atoms with van der Waals surface area (Å²) in [6.07, 6.45) is -6.06. The van der Waals surface area contributed by atoms with E-state index in [0.29, 0.717) is 0 Å². The second kappa shape index (κ2) is 5.88. The van der Waals surface area contributed by atoms with Crippen LogP contribution in [0.15, 0.2) is 30.3 Å². The standard InChI is InChI=1S/C13H15BrO6/c14-13(12(19)10(17)8(6-15)20-13)11(18)9(16)7-4-2-1-3-5-7/h1-5,8,10-12,15,17-19H,6H2/t8-,10-,11?,12-,13?/m1/s1/i4D. The number of ether oxygens (including phenoxy) is 1. The summed E-state index contributed by atoms with van der Waals surface area (Å²) in [6.45, 7) is -0.582. The molecule has 7 heteroatoms. The van der Waals surface area contributed by atoms with E-state index in [-0.39, 0.29) is 11.6 Å². The molecule has 0 radical (unpaired) electrons. The zero-order valence-corrected chi connectivity index (χ0v) is 11.9. The molecule has 0 aromatic heterocycles. The number of aliphatic hydroxyl groups excluding tert-OH is 4. The van der Waals surface area contributed by atoms with Crippen LogP contribution < -0.4 is 0 Å².